The van der Waals surface area contributed by atoms with E-state index in [4.69, 9.17) is 9.84 Å². The summed E-state index contributed by atoms with van der Waals surface area (Å²) < 4.78 is 10.5. The highest BCUT2D eigenvalue weighted by Crippen LogP contribution is 2.32. The number of piperidine rings is 1. The van der Waals surface area contributed by atoms with Crippen LogP contribution in [0.1, 0.15) is 49.7 Å². The van der Waals surface area contributed by atoms with Crippen LogP contribution in [0.5, 0.6) is 0 Å². The van der Waals surface area contributed by atoms with E-state index in [-0.39, 0.29) is 42.5 Å². The number of nitrogens with zero attached hydrogens (tertiary/aromatic N) is 3. The SMILES string of the molecule is COC(=O)c1ccc(CNC(=O)[C@@H]2C[C@H]3OCC[C@H]3N(C(=O)c3cc(C(=O)O)ncn3)C2)cc1. The van der Waals surface area contributed by atoms with Gasteiger partial charge in [-0.2, -0.15) is 0 Å². The first kappa shape index (κ1) is 23.3. The molecule has 4 rings (SSSR count). The van der Waals surface area contributed by atoms with E-state index in [1.165, 1.54) is 7.11 Å². The Morgan fingerprint density at radius 2 is 1.91 bits per heavy atom. The number of hydrogen-bond acceptors (Lipinski definition) is 8. The topological polar surface area (TPSA) is 148 Å². The number of aromatic carboxylic acids is 1. The van der Waals surface area contributed by atoms with Gasteiger partial charge in [-0.1, -0.05) is 12.1 Å². The van der Waals surface area contributed by atoms with E-state index in [1.807, 2.05) is 0 Å². The molecular formula is C23H24N4O7. The zero-order chi connectivity index (χ0) is 24.2. The van der Waals surface area contributed by atoms with Crippen molar-refractivity contribution in [2.24, 2.45) is 5.92 Å². The first-order valence-electron chi connectivity index (χ1n) is 10.8. The van der Waals surface area contributed by atoms with Crippen LogP contribution < -0.4 is 5.32 Å². The lowest BCUT2D eigenvalue weighted by Gasteiger charge is -2.40. The molecule has 0 bridgehead atoms. The minimum absolute atomic E-state index is 0.0372. The number of carbonyl (C=O) groups excluding carboxylic acids is 3. The third-order valence-corrected chi connectivity index (χ3v) is 6.09. The lowest BCUT2D eigenvalue weighted by Crippen LogP contribution is -2.55. The van der Waals surface area contributed by atoms with Crippen LogP contribution in [0.2, 0.25) is 0 Å². The number of likely N-dealkylation sites (tertiary alicyclic amines) is 1. The Bertz CT molecular complexity index is 1100. The van der Waals surface area contributed by atoms with Gasteiger partial charge in [0, 0.05) is 25.8 Å². The van der Waals surface area contributed by atoms with Gasteiger partial charge >= 0.3 is 11.9 Å². The van der Waals surface area contributed by atoms with Crippen molar-refractivity contribution in [3.8, 4) is 0 Å². The molecule has 0 saturated carbocycles. The molecule has 2 aliphatic rings. The average Bonchev–Trinajstić information content (AvgIpc) is 3.35. The molecule has 2 aliphatic heterocycles. The molecule has 2 N–H and O–H groups in total. The van der Waals surface area contributed by atoms with Crippen molar-refractivity contribution in [1.29, 1.82) is 0 Å². The highest BCUT2D eigenvalue weighted by atomic mass is 16.5. The Morgan fingerprint density at radius 1 is 1.18 bits per heavy atom. The molecule has 3 heterocycles. The molecule has 2 saturated heterocycles. The summed E-state index contributed by atoms with van der Waals surface area (Å²) in [6.45, 7) is 0.903. The van der Waals surface area contributed by atoms with Crippen LogP contribution in [0.3, 0.4) is 0 Å². The van der Waals surface area contributed by atoms with E-state index in [0.29, 0.717) is 25.0 Å². The normalized spacial score (nSPS) is 21.4. The number of carboxylic acid groups (broad SMARTS) is 1. The number of rotatable bonds is 6. The van der Waals surface area contributed by atoms with Crippen LogP contribution in [-0.4, -0.2) is 76.1 Å². The Kier molecular flexibility index (Phi) is 6.82. The molecular weight excluding hydrogens is 444 g/mol. The summed E-state index contributed by atoms with van der Waals surface area (Å²) in [5, 5.41) is 12.0. The highest BCUT2D eigenvalue weighted by molar-refractivity contribution is 5.95. The molecule has 2 aromatic rings. The van der Waals surface area contributed by atoms with Crippen LogP contribution in [0.4, 0.5) is 0 Å². The van der Waals surface area contributed by atoms with Gasteiger partial charge in [0.25, 0.3) is 5.91 Å². The standard InChI is InChI=1S/C23H24N4O7/c1-33-23(32)14-4-2-13(3-5-14)10-24-20(28)15-8-19-18(6-7-34-19)27(11-15)21(29)16-9-17(22(30)31)26-12-25-16/h2-5,9,12,15,18-19H,6-8,10-11H2,1H3,(H,24,28)(H,30,31)/t15-,18-,19-/m1/s1. The first-order chi connectivity index (χ1) is 16.4. The summed E-state index contributed by atoms with van der Waals surface area (Å²) in [4.78, 5) is 58.1. The third kappa shape index (κ3) is 4.88. The van der Waals surface area contributed by atoms with Gasteiger partial charge < -0.3 is 24.8 Å². The smallest absolute Gasteiger partial charge is 0.354 e. The Balaban J connectivity index is 1.44. The van der Waals surface area contributed by atoms with E-state index in [9.17, 15) is 19.2 Å². The highest BCUT2D eigenvalue weighted by Gasteiger charge is 2.44. The molecule has 3 atom stereocenters. The molecule has 2 amide bonds. The van der Waals surface area contributed by atoms with E-state index < -0.39 is 23.8 Å². The number of hydrogen-bond donors (Lipinski definition) is 2. The Hall–Kier alpha value is -3.86. The predicted molar refractivity (Wildman–Crippen MR) is 116 cm³/mol. The quantitative estimate of drug-likeness (QED) is 0.590. The molecule has 1 aromatic carbocycles. The van der Waals surface area contributed by atoms with Crippen LogP contribution in [0, 0.1) is 5.92 Å². The van der Waals surface area contributed by atoms with Gasteiger partial charge in [-0.25, -0.2) is 19.6 Å². The van der Waals surface area contributed by atoms with Gasteiger partial charge in [-0.15, -0.1) is 0 Å². The number of esters is 1. The molecule has 0 aliphatic carbocycles. The van der Waals surface area contributed by atoms with Gasteiger partial charge in [0.15, 0.2) is 5.69 Å². The first-order valence-corrected chi connectivity index (χ1v) is 10.8. The van der Waals surface area contributed by atoms with Gasteiger partial charge in [-0.05, 0) is 30.5 Å². The minimum atomic E-state index is -1.26. The van der Waals surface area contributed by atoms with Gasteiger partial charge in [0.1, 0.15) is 12.0 Å². The number of carboxylic acids is 1. The van der Waals surface area contributed by atoms with Gasteiger partial charge in [-0.3, -0.25) is 9.59 Å². The zero-order valence-corrected chi connectivity index (χ0v) is 18.5. The number of amides is 2. The lowest BCUT2D eigenvalue weighted by atomic mass is 9.89. The fourth-order valence-corrected chi connectivity index (χ4v) is 4.32. The molecule has 11 nitrogen and oxygen atoms in total. The van der Waals surface area contributed by atoms with Crippen molar-refractivity contribution < 1.29 is 33.8 Å². The molecule has 0 unspecified atom stereocenters. The molecule has 0 spiro atoms. The number of methoxy groups -OCH3 is 1. The summed E-state index contributed by atoms with van der Waals surface area (Å²) >= 11 is 0. The molecule has 1 aromatic heterocycles. The van der Waals surface area contributed by atoms with Crippen LogP contribution >= 0.6 is 0 Å². The lowest BCUT2D eigenvalue weighted by molar-refractivity contribution is -0.128. The van der Waals surface area contributed by atoms with Crippen LogP contribution in [-0.2, 0) is 20.8 Å². The van der Waals surface area contributed by atoms with Crippen molar-refractivity contribution in [3.05, 3.63) is 59.2 Å². The summed E-state index contributed by atoms with van der Waals surface area (Å²) in [6, 6.07) is 7.64. The van der Waals surface area contributed by atoms with E-state index >= 15 is 0 Å². The summed E-state index contributed by atoms with van der Waals surface area (Å²) in [6.07, 6.45) is 1.87. The molecule has 2 fully saturated rings. The van der Waals surface area contributed by atoms with Gasteiger partial charge in [0.2, 0.25) is 5.91 Å². The maximum atomic E-state index is 13.2. The van der Waals surface area contributed by atoms with Crippen molar-refractivity contribution in [1.82, 2.24) is 20.2 Å². The fourth-order valence-electron chi connectivity index (χ4n) is 4.32. The van der Waals surface area contributed by atoms with E-state index in [2.05, 4.69) is 20.0 Å². The number of nitrogens with one attached hydrogen (secondary N) is 1. The van der Waals surface area contributed by atoms with Crippen molar-refractivity contribution in [3.63, 3.8) is 0 Å². The van der Waals surface area contributed by atoms with Gasteiger partial charge in [0.05, 0.1) is 30.7 Å². The van der Waals surface area contributed by atoms with E-state index in [0.717, 1.165) is 18.0 Å². The number of aromatic nitrogens is 2. The fraction of sp³-hybridized carbons (Fsp3) is 0.391. The minimum Gasteiger partial charge on any atom is -0.477 e. The third-order valence-electron chi connectivity index (χ3n) is 6.09. The monoisotopic (exact) mass is 468 g/mol. The number of ether oxygens (including phenoxy) is 2. The summed E-state index contributed by atoms with van der Waals surface area (Å²) in [5.41, 5.74) is 0.910. The second kappa shape index (κ2) is 9.96. The molecule has 11 heteroatoms. The Morgan fingerprint density at radius 3 is 2.62 bits per heavy atom. The van der Waals surface area contributed by atoms with Crippen LogP contribution in [0.25, 0.3) is 0 Å². The molecule has 0 radical (unpaired) electrons. The number of fused-ring (bicyclic) bond motifs is 1. The van der Waals surface area contributed by atoms with E-state index in [1.54, 1.807) is 29.2 Å². The van der Waals surface area contributed by atoms with Crippen molar-refractivity contribution >= 4 is 23.8 Å². The summed E-state index contributed by atoms with van der Waals surface area (Å²) in [7, 11) is 1.31. The second-order valence-electron chi connectivity index (χ2n) is 8.16. The second-order valence-corrected chi connectivity index (χ2v) is 8.16. The molecule has 34 heavy (non-hydrogen) atoms. The average molecular weight is 468 g/mol. The maximum absolute atomic E-state index is 13.2. The predicted octanol–water partition coefficient (Wildman–Crippen LogP) is 0.897. The number of carbonyl (C=O) groups is 4. The van der Waals surface area contributed by atoms with Crippen LogP contribution in [0.15, 0.2) is 36.7 Å². The molecule has 178 valence electrons. The van der Waals surface area contributed by atoms with Crippen molar-refractivity contribution in [2.45, 2.75) is 31.5 Å². The maximum Gasteiger partial charge on any atom is 0.354 e. The largest absolute Gasteiger partial charge is 0.477 e. The Labute approximate surface area is 195 Å². The van der Waals surface area contributed by atoms with Crippen molar-refractivity contribution in [2.75, 3.05) is 20.3 Å². The zero-order valence-electron chi connectivity index (χ0n) is 18.5. The number of benzene rings is 1. The summed E-state index contributed by atoms with van der Waals surface area (Å²) in [5.74, 6) is -2.88.